The average Bonchev–Trinajstić information content (AvgIpc) is 2.46. The summed E-state index contributed by atoms with van der Waals surface area (Å²) in [6.07, 6.45) is 0.999. The molecule has 0 aliphatic heterocycles. The van der Waals surface area contributed by atoms with E-state index in [1.54, 1.807) is 0 Å². The normalized spacial score (nSPS) is 11.5. The highest BCUT2D eigenvalue weighted by Gasteiger charge is 2.12. The molecule has 0 aliphatic carbocycles. The molecule has 0 saturated carbocycles. The van der Waals surface area contributed by atoms with Gasteiger partial charge in [-0.15, -0.1) is 0 Å². The van der Waals surface area contributed by atoms with E-state index < -0.39 is 11.9 Å². The van der Waals surface area contributed by atoms with E-state index in [0.29, 0.717) is 0 Å². The molecular weight excluding hydrogens is 274 g/mol. The van der Waals surface area contributed by atoms with Gasteiger partial charge in [-0.25, -0.2) is 9.78 Å². The van der Waals surface area contributed by atoms with Crippen molar-refractivity contribution in [3.63, 3.8) is 0 Å². The number of aromatic nitrogens is 1. The largest absolute Gasteiger partial charge is 0.477 e. The summed E-state index contributed by atoms with van der Waals surface area (Å²) in [6, 6.07) is 4.27. The van der Waals surface area contributed by atoms with Crippen molar-refractivity contribution in [1.82, 2.24) is 15.6 Å². The zero-order chi connectivity index (χ0) is 15.8. The van der Waals surface area contributed by atoms with Crippen molar-refractivity contribution in [3.05, 3.63) is 29.6 Å². The topological polar surface area (TPSA) is 108 Å². The lowest BCUT2D eigenvalue weighted by molar-refractivity contribution is -0.121. The van der Waals surface area contributed by atoms with Crippen LogP contribution in [0.5, 0.6) is 0 Å². The number of hydrogen-bond acceptors (Lipinski definition) is 4. The fourth-order valence-corrected chi connectivity index (χ4v) is 1.51. The van der Waals surface area contributed by atoms with Gasteiger partial charge in [0.2, 0.25) is 5.91 Å². The number of nitrogens with one attached hydrogen (secondary N) is 2. The Kier molecular flexibility index (Phi) is 6.32. The third kappa shape index (κ3) is 5.60. The summed E-state index contributed by atoms with van der Waals surface area (Å²) in [6.45, 7) is 4.03. The number of hydrogen-bond donors (Lipinski definition) is 3. The number of rotatable bonds is 7. The first-order chi connectivity index (χ1) is 9.93. The molecular formula is C14H19N3O4. The molecule has 21 heavy (non-hydrogen) atoms. The second-order valence-electron chi connectivity index (χ2n) is 4.60. The molecule has 7 heteroatoms. The van der Waals surface area contributed by atoms with Gasteiger partial charge in [0.25, 0.3) is 5.91 Å². The molecule has 1 aromatic heterocycles. The van der Waals surface area contributed by atoms with Crippen molar-refractivity contribution in [2.45, 2.75) is 32.7 Å². The van der Waals surface area contributed by atoms with Crippen LogP contribution in [0.2, 0.25) is 0 Å². The Morgan fingerprint density at radius 3 is 2.57 bits per heavy atom. The fourth-order valence-electron chi connectivity index (χ4n) is 1.51. The van der Waals surface area contributed by atoms with E-state index in [4.69, 9.17) is 5.11 Å². The van der Waals surface area contributed by atoms with Gasteiger partial charge < -0.3 is 15.7 Å². The van der Waals surface area contributed by atoms with Crippen molar-refractivity contribution < 1.29 is 19.5 Å². The van der Waals surface area contributed by atoms with E-state index in [1.807, 2.05) is 13.8 Å². The lowest BCUT2D eigenvalue weighted by atomic mass is 10.2. The third-order valence-corrected chi connectivity index (χ3v) is 2.86. The SMILES string of the molecule is CCC(C)NC(=O)CCNC(=O)c1cccc(C(=O)O)n1. The number of carbonyl (C=O) groups excluding carboxylic acids is 2. The van der Waals surface area contributed by atoms with Gasteiger partial charge in [-0.1, -0.05) is 13.0 Å². The quantitative estimate of drug-likeness (QED) is 0.689. The third-order valence-electron chi connectivity index (χ3n) is 2.86. The molecule has 1 unspecified atom stereocenters. The highest BCUT2D eigenvalue weighted by atomic mass is 16.4. The van der Waals surface area contributed by atoms with Gasteiger partial charge in [-0.05, 0) is 25.5 Å². The van der Waals surface area contributed by atoms with Gasteiger partial charge in [0.1, 0.15) is 11.4 Å². The minimum Gasteiger partial charge on any atom is -0.477 e. The van der Waals surface area contributed by atoms with Gasteiger partial charge in [0, 0.05) is 19.0 Å². The second kappa shape index (κ2) is 7.98. The summed E-state index contributed by atoms with van der Waals surface area (Å²) < 4.78 is 0. The van der Waals surface area contributed by atoms with Crippen LogP contribution in [0.1, 0.15) is 47.7 Å². The first-order valence-corrected chi connectivity index (χ1v) is 6.72. The summed E-state index contributed by atoms with van der Waals surface area (Å²) in [5.41, 5.74) is -0.186. The first kappa shape index (κ1) is 16.6. The molecule has 3 N–H and O–H groups in total. The Morgan fingerprint density at radius 1 is 1.29 bits per heavy atom. The summed E-state index contributed by atoms with van der Waals surface area (Å²) >= 11 is 0. The zero-order valence-corrected chi connectivity index (χ0v) is 12.0. The molecule has 1 atom stereocenters. The highest BCUT2D eigenvalue weighted by molar-refractivity contribution is 5.94. The second-order valence-corrected chi connectivity index (χ2v) is 4.60. The Hall–Kier alpha value is -2.44. The number of aromatic carboxylic acids is 1. The van der Waals surface area contributed by atoms with Crippen molar-refractivity contribution in [2.24, 2.45) is 0 Å². The molecule has 2 amide bonds. The number of carboxylic acid groups (broad SMARTS) is 1. The average molecular weight is 293 g/mol. The number of pyridine rings is 1. The number of nitrogens with zero attached hydrogens (tertiary/aromatic N) is 1. The minimum absolute atomic E-state index is 0.0113. The maximum absolute atomic E-state index is 11.8. The molecule has 0 fully saturated rings. The van der Waals surface area contributed by atoms with Crippen LogP contribution >= 0.6 is 0 Å². The van der Waals surface area contributed by atoms with Gasteiger partial charge in [-0.2, -0.15) is 0 Å². The summed E-state index contributed by atoms with van der Waals surface area (Å²) in [5, 5.41) is 14.1. The number of amides is 2. The smallest absolute Gasteiger partial charge is 0.354 e. The van der Waals surface area contributed by atoms with E-state index in [2.05, 4.69) is 15.6 Å². The number of carbonyl (C=O) groups is 3. The van der Waals surface area contributed by atoms with Crippen molar-refractivity contribution >= 4 is 17.8 Å². The van der Waals surface area contributed by atoms with Crippen LogP contribution < -0.4 is 10.6 Å². The van der Waals surface area contributed by atoms with Crippen LogP contribution in [-0.4, -0.2) is 40.5 Å². The lowest BCUT2D eigenvalue weighted by Gasteiger charge is -2.11. The lowest BCUT2D eigenvalue weighted by Crippen LogP contribution is -2.35. The van der Waals surface area contributed by atoms with Gasteiger partial charge in [0.05, 0.1) is 0 Å². The standard InChI is InChI=1S/C14H19N3O4/c1-3-9(2)16-12(18)7-8-15-13(19)10-5-4-6-11(17-10)14(20)21/h4-6,9H,3,7-8H2,1-2H3,(H,15,19)(H,16,18)(H,20,21). The van der Waals surface area contributed by atoms with Crippen molar-refractivity contribution in [1.29, 1.82) is 0 Å². The van der Waals surface area contributed by atoms with E-state index in [0.717, 1.165) is 6.42 Å². The molecule has 0 aliphatic rings. The maximum atomic E-state index is 11.8. The first-order valence-electron chi connectivity index (χ1n) is 6.72. The van der Waals surface area contributed by atoms with Crippen molar-refractivity contribution in [2.75, 3.05) is 6.54 Å². The van der Waals surface area contributed by atoms with Crippen LogP contribution in [0.25, 0.3) is 0 Å². The molecule has 0 saturated heterocycles. The van der Waals surface area contributed by atoms with Gasteiger partial charge in [0.15, 0.2) is 0 Å². The van der Waals surface area contributed by atoms with Crippen LogP contribution in [0.15, 0.2) is 18.2 Å². The molecule has 0 radical (unpaired) electrons. The highest BCUT2D eigenvalue weighted by Crippen LogP contribution is 1.99. The number of carboxylic acids is 1. The Bertz CT molecular complexity index is 531. The Balaban J connectivity index is 2.45. The molecule has 1 rings (SSSR count). The van der Waals surface area contributed by atoms with Crippen LogP contribution in [0.3, 0.4) is 0 Å². The van der Waals surface area contributed by atoms with E-state index in [-0.39, 0.29) is 36.3 Å². The van der Waals surface area contributed by atoms with Crippen molar-refractivity contribution in [3.8, 4) is 0 Å². The minimum atomic E-state index is -1.20. The molecule has 0 bridgehead atoms. The maximum Gasteiger partial charge on any atom is 0.354 e. The Morgan fingerprint density at radius 2 is 1.95 bits per heavy atom. The van der Waals surface area contributed by atoms with Crippen LogP contribution in [-0.2, 0) is 4.79 Å². The fraction of sp³-hybridized carbons (Fsp3) is 0.429. The summed E-state index contributed by atoms with van der Waals surface area (Å²) in [5.74, 6) is -1.84. The van der Waals surface area contributed by atoms with E-state index in [9.17, 15) is 14.4 Å². The predicted octanol–water partition coefficient (Wildman–Crippen LogP) is 0.814. The van der Waals surface area contributed by atoms with E-state index >= 15 is 0 Å². The summed E-state index contributed by atoms with van der Waals surface area (Å²) in [4.78, 5) is 37.8. The van der Waals surface area contributed by atoms with Gasteiger partial charge >= 0.3 is 5.97 Å². The molecule has 1 aromatic rings. The molecule has 7 nitrogen and oxygen atoms in total. The zero-order valence-electron chi connectivity index (χ0n) is 12.0. The van der Waals surface area contributed by atoms with Gasteiger partial charge in [-0.3, -0.25) is 9.59 Å². The van der Waals surface area contributed by atoms with Crippen LogP contribution in [0.4, 0.5) is 0 Å². The summed E-state index contributed by atoms with van der Waals surface area (Å²) in [7, 11) is 0. The molecule has 1 heterocycles. The van der Waals surface area contributed by atoms with Crippen LogP contribution in [0, 0.1) is 0 Å². The van der Waals surface area contributed by atoms with E-state index in [1.165, 1.54) is 18.2 Å². The molecule has 0 aromatic carbocycles. The predicted molar refractivity (Wildman–Crippen MR) is 76.0 cm³/mol. The molecule has 114 valence electrons. The molecule has 0 spiro atoms. The monoisotopic (exact) mass is 293 g/mol. The Labute approximate surface area is 122 Å².